The molecular formula is C43H34N4O3S2. The molecule has 0 saturated heterocycles. The van der Waals surface area contributed by atoms with E-state index in [0.717, 1.165) is 50.9 Å². The molecule has 1 aliphatic carbocycles. The molecule has 9 heteroatoms. The molecule has 0 aliphatic heterocycles. The van der Waals surface area contributed by atoms with Gasteiger partial charge in [-0.15, -0.1) is 23.1 Å². The number of hydrogen-bond acceptors (Lipinski definition) is 6. The van der Waals surface area contributed by atoms with Gasteiger partial charge in [-0.2, -0.15) is 5.26 Å². The first-order chi connectivity index (χ1) is 25.4. The highest BCUT2D eigenvalue weighted by molar-refractivity contribution is 8.00. The monoisotopic (exact) mass is 718 g/mol. The number of thiophene rings is 1. The van der Waals surface area contributed by atoms with Crippen molar-refractivity contribution in [3.05, 3.63) is 166 Å². The van der Waals surface area contributed by atoms with Gasteiger partial charge >= 0.3 is 0 Å². The number of anilines is 2. The van der Waals surface area contributed by atoms with E-state index in [4.69, 9.17) is 0 Å². The smallest absolute Gasteiger partial charge is 0.272 e. The number of nitrogens with one attached hydrogen (secondary N) is 3. The Bertz CT molecular complexity index is 2340. The van der Waals surface area contributed by atoms with E-state index in [1.54, 1.807) is 48.5 Å². The summed E-state index contributed by atoms with van der Waals surface area (Å²) in [6, 6.07) is 42.4. The lowest BCUT2D eigenvalue weighted by Gasteiger charge is -2.22. The fourth-order valence-corrected chi connectivity index (χ4v) is 8.50. The van der Waals surface area contributed by atoms with Crippen molar-refractivity contribution in [2.24, 2.45) is 0 Å². The van der Waals surface area contributed by atoms with Gasteiger partial charge in [-0.25, -0.2) is 0 Å². The lowest BCUT2D eigenvalue weighted by atomic mass is 9.83. The summed E-state index contributed by atoms with van der Waals surface area (Å²) in [4.78, 5) is 42.0. The van der Waals surface area contributed by atoms with Gasteiger partial charge in [-0.3, -0.25) is 14.4 Å². The van der Waals surface area contributed by atoms with Crippen molar-refractivity contribution < 1.29 is 14.4 Å². The van der Waals surface area contributed by atoms with Crippen LogP contribution in [0.4, 0.5) is 10.7 Å². The fourth-order valence-electron chi connectivity index (χ4n) is 6.45. The number of hydrogen-bond donors (Lipinski definition) is 3. The van der Waals surface area contributed by atoms with Crippen LogP contribution in [-0.2, 0) is 22.4 Å². The minimum absolute atomic E-state index is 0.0877. The summed E-state index contributed by atoms with van der Waals surface area (Å²) in [6.45, 7) is 0. The number of nitrogens with zero attached hydrogens (tertiary/aromatic N) is 1. The fraction of sp³-hybridized carbons (Fsp3) is 0.116. The van der Waals surface area contributed by atoms with Gasteiger partial charge in [0.1, 0.15) is 16.8 Å². The van der Waals surface area contributed by atoms with E-state index in [0.29, 0.717) is 27.7 Å². The molecule has 1 aromatic heterocycles. The Morgan fingerprint density at radius 2 is 1.58 bits per heavy atom. The van der Waals surface area contributed by atoms with Gasteiger partial charge < -0.3 is 16.0 Å². The second-order valence-corrected chi connectivity index (χ2v) is 14.6. The van der Waals surface area contributed by atoms with Crippen molar-refractivity contribution in [1.29, 1.82) is 5.26 Å². The summed E-state index contributed by atoms with van der Waals surface area (Å²) in [5.41, 5.74) is 4.74. The first-order valence-corrected chi connectivity index (χ1v) is 18.7. The van der Waals surface area contributed by atoms with Crippen molar-refractivity contribution in [1.82, 2.24) is 5.32 Å². The van der Waals surface area contributed by atoms with E-state index in [9.17, 15) is 19.6 Å². The molecule has 0 radical (unpaired) electrons. The van der Waals surface area contributed by atoms with E-state index in [1.807, 2.05) is 60.7 Å². The van der Waals surface area contributed by atoms with Crippen LogP contribution in [0.25, 0.3) is 16.8 Å². The number of carbonyl (C=O) groups excluding carboxylic acids is 3. The minimum Gasteiger partial charge on any atom is -0.321 e. The predicted octanol–water partition coefficient (Wildman–Crippen LogP) is 9.19. The van der Waals surface area contributed by atoms with E-state index >= 15 is 0 Å². The van der Waals surface area contributed by atoms with Gasteiger partial charge in [-0.1, -0.05) is 97.1 Å². The molecule has 256 valence electrons. The van der Waals surface area contributed by atoms with Crippen molar-refractivity contribution in [2.45, 2.75) is 30.1 Å². The summed E-state index contributed by atoms with van der Waals surface area (Å²) in [7, 11) is 0. The van der Waals surface area contributed by atoms with Crippen LogP contribution in [0.5, 0.6) is 0 Å². The maximum atomic E-state index is 13.8. The van der Waals surface area contributed by atoms with Crippen molar-refractivity contribution in [3.8, 4) is 6.07 Å². The van der Waals surface area contributed by atoms with Crippen LogP contribution in [-0.4, -0.2) is 23.5 Å². The highest BCUT2D eigenvalue weighted by Gasteiger charge is 2.27. The summed E-state index contributed by atoms with van der Waals surface area (Å²) in [5, 5.41) is 21.3. The van der Waals surface area contributed by atoms with E-state index in [-0.39, 0.29) is 17.4 Å². The lowest BCUT2D eigenvalue weighted by Crippen LogP contribution is -2.30. The van der Waals surface area contributed by atoms with E-state index in [1.165, 1.54) is 28.7 Å². The molecule has 1 unspecified atom stereocenters. The Balaban J connectivity index is 1.03. The maximum Gasteiger partial charge on any atom is 0.272 e. The Morgan fingerprint density at radius 1 is 0.846 bits per heavy atom. The number of amides is 3. The van der Waals surface area contributed by atoms with Crippen LogP contribution in [0.15, 0.2) is 138 Å². The molecule has 3 amide bonds. The van der Waals surface area contributed by atoms with Gasteiger partial charge in [-0.05, 0) is 89.1 Å². The highest BCUT2D eigenvalue weighted by Crippen LogP contribution is 2.42. The number of fused-ring (bicyclic) bond motifs is 2. The van der Waals surface area contributed by atoms with Gasteiger partial charge in [0.2, 0.25) is 5.91 Å². The number of nitriles is 1. The highest BCUT2D eigenvalue weighted by atomic mass is 32.2. The van der Waals surface area contributed by atoms with Gasteiger partial charge in [0.05, 0.1) is 11.3 Å². The summed E-state index contributed by atoms with van der Waals surface area (Å²) in [5.74, 6) is -0.581. The second kappa shape index (κ2) is 15.9. The lowest BCUT2D eigenvalue weighted by molar-refractivity contribution is -0.114. The van der Waals surface area contributed by atoms with Gasteiger partial charge in [0.15, 0.2) is 0 Å². The predicted molar refractivity (Wildman–Crippen MR) is 211 cm³/mol. The Hall–Kier alpha value is -5.95. The first-order valence-electron chi connectivity index (χ1n) is 16.9. The largest absolute Gasteiger partial charge is 0.321 e. The molecule has 5 aromatic carbocycles. The number of rotatable bonds is 10. The van der Waals surface area contributed by atoms with Crippen molar-refractivity contribution in [3.63, 3.8) is 0 Å². The number of carbonyl (C=O) groups is 3. The van der Waals surface area contributed by atoms with Gasteiger partial charge in [0, 0.05) is 21.0 Å². The molecule has 6 aromatic rings. The van der Waals surface area contributed by atoms with Crippen LogP contribution in [0.1, 0.15) is 49.8 Å². The standard InChI is InChI=1S/C43H34N4O3S2/c44-26-37-36-22-21-31(28-11-3-1-4-12-28)24-39(36)52-43(37)47-40(48)27-51-34-19-10-18-33(25-34)45-42(50)38(46-41(49)30-14-5-2-6-15-30)23-32-17-9-16-29-13-7-8-20-35(29)32/h1-20,23,25,31H,21-22,24,27H2,(H,45,50)(H,46,49)(H,47,48)/b38-23+. The molecule has 0 bridgehead atoms. The average molecular weight is 719 g/mol. The molecular weight excluding hydrogens is 685 g/mol. The van der Waals surface area contributed by atoms with Crippen molar-refractivity contribution in [2.75, 3.05) is 16.4 Å². The molecule has 1 atom stereocenters. The molecule has 1 heterocycles. The molecule has 3 N–H and O–H groups in total. The van der Waals surface area contributed by atoms with Crippen LogP contribution in [0.2, 0.25) is 0 Å². The van der Waals surface area contributed by atoms with Crippen LogP contribution >= 0.6 is 23.1 Å². The summed E-state index contributed by atoms with van der Waals surface area (Å²) in [6.07, 6.45) is 4.32. The average Bonchev–Trinajstić information content (AvgIpc) is 3.53. The van der Waals surface area contributed by atoms with Crippen LogP contribution < -0.4 is 16.0 Å². The first kappa shape index (κ1) is 34.5. The number of benzene rings is 5. The second-order valence-electron chi connectivity index (χ2n) is 12.4. The Labute approximate surface area is 310 Å². The Morgan fingerprint density at radius 3 is 2.38 bits per heavy atom. The van der Waals surface area contributed by atoms with Crippen LogP contribution in [0, 0.1) is 11.3 Å². The Kier molecular flexibility index (Phi) is 10.6. The molecule has 0 fully saturated rings. The molecule has 1 aliphatic rings. The maximum absolute atomic E-state index is 13.8. The molecule has 0 spiro atoms. The third-order valence-corrected chi connectivity index (χ3v) is 11.2. The third kappa shape index (κ3) is 8.00. The SMILES string of the molecule is N#Cc1c(NC(=O)CSc2cccc(NC(=O)/C(=C\c3cccc4ccccc34)NC(=O)c3ccccc3)c2)sc2c1CCC(c1ccccc1)C2. The minimum atomic E-state index is -0.489. The quantitative estimate of drug-likeness (QED) is 0.0967. The number of thioether (sulfide) groups is 1. The summed E-state index contributed by atoms with van der Waals surface area (Å²) < 4.78 is 0. The molecule has 7 nitrogen and oxygen atoms in total. The normalized spacial score (nSPS) is 13.8. The van der Waals surface area contributed by atoms with E-state index in [2.05, 4.69) is 46.3 Å². The van der Waals surface area contributed by atoms with Crippen LogP contribution in [0.3, 0.4) is 0 Å². The molecule has 52 heavy (non-hydrogen) atoms. The summed E-state index contributed by atoms with van der Waals surface area (Å²) >= 11 is 2.83. The third-order valence-electron chi connectivity index (χ3n) is 9.01. The van der Waals surface area contributed by atoms with Gasteiger partial charge in [0.25, 0.3) is 11.8 Å². The topological polar surface area (TPSA) is 111 Å². The molecule has 0 saturated carbocycles. The zero-order valence-electron chi connectivity index (χ0n) is 28.1. The zero-order valence-corrected chi connectivity index (χ0v) is 29.7. The zero-order chi connectivity index (χ0) is 35.9. The van der Waals surface area contributed by atoms with E-state index < -0.39 is 11.8 Å². The van der Waals surface area contributed by atoms with Crippen molar-refractivity contribution >= 4 is 68.4 Å². The molecule has 7 rings (SSSR count).